The number of amides is 2. The second-order valence-corrected chi connectivity index (χ2v) is 20.8. The van der Waals surface area contributed by atoms with Crippen LogP contribution < -0.4 is 20.8 Å². The number of anilines is 2. The Hall–Kier alpha value is -6.51. The Kier molecular flexibility index (Phi) is 26.6. The molecule has 0 spiro atoms. The Morgan fingerprint density at radius 3 is 1.05 bits per heavy atom. The van der Waals surface area contributed by atoms with Gasteiger partial charge in [0.05, 0.1) is 46.9 Å². The first-order valence-electron chi connectivity index (χ1n) is 27.3. The first-order chi connectivity index (χ1) is 39.3. The van der Waals surface area contributed by atoms with Gasteiger partial charge in [0.2, 0.25) is 0 Å². The number of benzene rings is 6. The van der Waals surface area contributed by atoms with Gasteiger partial charge in [-0.3, -0.25) is 9.59 Å². The number of aliphatic hydroxyl groups is 4. The summed E-state index contributed by atoms with van der Waals surface area (Å²) in [5, 5.41) is 69.2. The minimum absolute atomic E-state index is 0. The van der Waals surface area contributed by atoms with E-state index < -0.39 is 60.8 Å². The number of aliphatic carboxylic acids is 2. The van der Waals surface area contributed by atoms with Crippen LogP contribution in [-0.4, -0.2) is 139 Å². The van der Waals surface area contributed by atoms with E-state index in [1.165, 1.54) is 24.3 Å². The van der Waals surface area contributed by atoms with Crippen LogP contribution in [0.15, 0.2) is 170 Å². The molecule has 14 nitrogen and oxygen atoms in total. The Bertz CT molecular complexity index is 3190. The fourth-order valence-corrected chi connectivity index (χ4v) is 10.4. The van der Waals surface area contributed by atoms with Crippen molar-refractivity contribution >= 4 is 95.9 Å². The van der Waals surface area contributed by atoms with E-state index in [1.54, 1.807) is 48.5 Å². The smallest absolute Gasteiger partial charge is 1.00 e. The molecule has 0 bridgehead atoms. The molecule has 6 N–H and O–H groups in total. The molecule has 2 heterocycles. The largest absolute Gasteiger partial charge is 2.00 e. The number of carboxylic acid groups (broad SMARTS) is 2. The maximum absolute atomic E-state index is 14.0. The third-order valence-electron chi connectivity index (χ3n) is 13.8. The summed E-state index contributed by atoms with van der Waals surface area (Å²) < 4.78 is 32.0. The number of aromatic nitrogens is 2. The second kappa shape index (κ2) is 32.7. The summed E-state index contributed by atoms with van der Waals surface area (Å²) >= 11 is 0. The van der Waals surface area contributed by atoms with Crippen LogP contribution in [0.25, 0.3) is 44.8 Å². The maximum atomic E-state index is 14.0. The summed E-state index contributed by atoms with van der Waals surface area (Å²) in [6, 6.07) is 49.4. The van der Waals surface area contributed by atoms with Gasteiger partial charge in [0.15, 0.2) is 0 Å². The topological polar surface area (TPSA) is 229 Å². The van der Waals surface area contributed by atoms with Crippen molar-refractivity contribution in [2.45, 2.75) is 116 Å². The Morgan fingerprint density at radius 2 is 0.762 bits per heavy atom. The molecular formula is C66H70CaF2MgN4O10. The monoisotopic (exact) mass is 1180 g/mol. The minimum atomic E-state index is -1.39. The molecule has 0 radical (unpaired) electrons. The number of nitrogens with zero attached hydrogens (tertiary/aromatic N) is 2. The summed E-state index contributed by atoms with van der Waals surface area (Å²) in [7, 11) is 0. The standard InChI is InChI=1S/2C33H35FN2O5.Ca.Mg.2H/c2*1-21(2)31-30(33(41)35-25-11-7-4-8-12-25)29(22-9-5-3-6-10-22)32(23-13-15-24(34)16-14-23)36(31)18-17-26(37)19-27(38)20-28(39)40;;;;/h2*3-16,21,26-27,37-38H,17-20H2,1-2H3,(H,35,41)(H,39,40);;;;/q;;2*+2;2*-1/p-2/t2*26-,27-;;;;/m11..../s1. The number of hydrogen-bond acceptors (Lipinski definition) is 10. The van der Waals surface area contributed by atoms with Gasteiger partial charge in [0.25, 0.3) is 11.8 Å². The molecule has 4 atom stereocenters. The molecule has 6 aromatic carbocycles. The van der Waals surface area contributed by atoms with E-state index in [4.69, 9.17) is 0 Å². The third kappa shape index (κ3) is 18.3. The first kappa shape index (κ1) is 68.3. The van der Waals surface area contributed by atoms with Crippen LogP contribution in [0.1, 0.15) is 113 Å². The second-order valence-electron chi connectivity index (χ2n) is 20.8. The van der Waals surface area contributed by atoms with Crippen molar-refractivity contribution in [1.29, 1.82) is 0 Å². The van der Waals surface area contributed by atoms with Gasteiger partial charge >= 0.3 is 60.8 Å². The van der Waals surface area contributed by atoms with E-state index in [9.17, 15) is 58.6 Å². The average molecular weight is 1180 g/mol. The molecule has 8 aromatic rings. The van der Waals surface area contributed by atoms with Gasteiger partial charge in [-0.15, -0.1) is 0 Å². The number of nitrogens with one attached hydrogen (secondary N) is 2. The molecule has 0 aliphatic carbocycles. The number of carbonyl (C=O) groups excluding carboxylic acids is 4. The van der Waals surface area contributed by atoms with E-state index in [1.807, 2.05) is 134 Å². The van der Waals surface area contributed by atoms with Crippen LogP contribution in [0, 0.1) is 11.6 Å². The quantitative estimate of drug-likeness (QED) is 0.0314. The van der Waals surface area contributed by atoms with Gasteiger partial charge in [-0.2, -0.15) is 0 Å². The molecule has 432 valence electrons. The van der Waals surface area contributed by atoms with Gasteiger partial charge in [0, 0.05) is 71.8 Å². The summed E-state index contributed by atoms with van der Waals surface area (Å²) in [6.45, 7) is 8.45. The van der Waals surface area contributed by atoms with Crippen molar-refractivity contribution in [3.8, 4) is 44.8 Å². The zero-order valence-corrected chi connectivity index (χ0v) is 51.2. The molecule has 0 unspecified atom stereocenters. The Balaban J connectivity index is 0.000000430. The van der Waals surface area contributed by atoms with E-state index in [2.05, 4.69) is 10.6 Å². The van der Waals surface area contributed by atoms with Crippen molar-refractivity contribution in [3.63, 3.8) is 0 Å². The summed E-state index contributed by atoms with van der Waals surface area (Å²) in [6.07, 6.45) is -5.54. The molecule has 18 heteroatoms. The van der Waals surface area contributed by atoms with E-state index >= 15 is 0 Å². The zero-order chi connectivity index (χ0) is 59.0. The van der Waals surface area contributed by atoms with Crippen molar-refractivity contribution in [1.82, 2.24) is 9.13 Å². The van der Waals surface area contributed by atoms with E-state index in [0.717, 1.165) is 22.5 Å². The number of carbonyl (C=O) groups is 4. The molecule has 8 rings (SSSR count). The van der Waals surface area contributed by atoms with Crippen molar-refractivity contribution < 1.29 is 61.5 Å². The van der Waals surface area contributed by atoms with Gasteiger partial charge in [-0.05, 0) is 133 Å². The third-order valence-corrected chi connectivity index (χ3v) is 13.8. The number of rotatable bonds is 24. The van der Waals surface area contributed by atoms with Gasteiger partial charge < -0.3 is 62.8 Å². The SMILES string of the molecule is CC(C)c1c(C(=O)Nc2ccccc2)c(-c2ccccc2)c(-c2ccc(F)cc2)n1CC[C@@H](O)C[C@@H](O)CC(=O)[O-].CC(C)c1c(C(=O)Nc2ccccc2)c(-c2ccccc2)c(-c2ccc(F)cc2)n1CC[C@@H](O)C[C@@H](O)CC(=O)[O-].[Ca+2].[H-].[H-].[Mg+2]. The van der Waals surface area contributed by atoms with Crippen molar-refractivity contribution in [2.24, 2.45) is 0 Å². The summed E-state index contributed by atoms with van der Waals surface area (Å²) in [5.41, 5.74) is 9.43. The van der Waals surface area contributed by atoms with E-state index in [0.29, 0.717) is 56.1 Å². The Morgan fingerprint density at radius 1 is 0.464 bits per heavy atom. The fraction of sp³-hybridized carbons (Fsp3) is 0.273. The molecule has 84 heavy (non-hydrogen) atoms. The average Bonchev–Trinajstić information content (AvgIpc) is 1.82. The molecule has 0 aliphatic rings. The van der Waals surface area contributed by atoms with Crippen molar-refractivity contribution in [3.05, 3.63) is 204 Å². The predicted octanol–water partition coefficient (Wildman–Crippen LogP) is 9.42. The number of hydrogen-bond donors (Lipinski definition) is 6. The number of para-hydroxylation sites is 2. The van der Waals surface area contributed by atoms with Gasteiger partial charge in [-0.1, -0.05) is 125 Å². The van der Waals surface area contributed by atoms with Crippen LogP contribution >= 0.6 is 0 Å². The molecule has 0 fully saturated rings. The van der Waals surface area contributed by atoms with Crippen LogP contribution in [-0.2, 0) is 22.7 Å². The maximum Gasteiger partial charge on any atom is 2.00 e. The molecular weight excluding hydrogens is 1110 g/mol. The number of aliphatic hydroxyl groups excluding tert-OH is 4. The normalized spacial score (nSPS) is 12.4. The number of halogens is 2. The van der Waals surface area contributed by atoms with Crippen LogP contribution in [0.2, 0.25) is 0 Å². The molecule has 0 saturated heterocycles. The van der Waals surface area contributed by atoms with Gasteiger partial charge in [0.1, 0.15) is 11.6 Å². The minimum Gasteiger partial charge on any atom is -1.00 e. The molecule has 2 aromatic heterocycles. The summed E-state index contributed by atoms with van der Waals surface area (Å²) in [4.78, 5) is 49.8. The van der Waals surface area contributed by atoms with Gasteiger partial charge in [-0.25, -0.2) is 8.78 Å². The molecule has 2 amide bonds. The Labute approximate surface area is 537 Å². The van der Waals surface area contributed by atoms with Crippen molar-refractivity contribution in [2.75, 3.05) is 10.6 Å². The van der Waals surface area contributed by atoms with E-state index in [-0.39, 0.29) is 126 Å². The van der Waals surface area contributed by atoms with Crippen LogP contribution in [0.5, 0.6) is 0 Å². The summed E-state index contributed by atoms with van der Waals surface area (Å²) in [5.74, 6) is -4.41. The van der Waals surface area contributed by atoms with Crippen LogP contribution in [0.4, 0.5) is 20.2 Å². The molecule has 0 aliphatic heterocycles. The fourth-order valence-electron chi connectivity index (χ4n) is 10.4. The number of carboxylic acids is 2. The van der Waals surface area contributed by atoms with Crippen LogP contribution in [0.3, 0.4) is 0 Å². The molecule has 0 saturated carbocycles. The first-order valence-corrected chi connectivity index (χ1v) is 27.3. The predicted molar refractivity (Wildman–Crippen MR) is 323 cm³/mol. The zero-order valence-electron chi connectivity index (χ0n) is 49.6.